The predicted molar refractivity (Wildman–Crippen MR) is 163 cm³/mol. The van der Waals surface area contributed by atoms with Gasteiger partial charge in [-0.15, -0.1) is 11.3 Å². The summed E-state index contributed by atoms with van der Waals surface area (Å²) in [6.45, 7) is 2.37. The van der Waals surface area contributed by atoms with Crippen LogP contribution in [-0.2, 0) is 13.1 Å². The van der Waals surface area contributed by atoms with Crippen LogP contribution in [0.5, 0.6) is 0 Å². The van der Waals surface area contributed by atoms with Crippen molar-refractivity contribution in [2.75, 3.05) is 13.1 Å². The van der Waals surface area contributed by atoms with Crippen LogP contribution >= 0.6 is 34.5 Å². The Hall–Kier alpha value is -3.42. The van der Waals surface area contributed by atoms with E-state index in [9.17, 15) is 14.9 Å². The number of benzene rings is 1. The van der Waals surface area contributed by atoms with Gasteiger partial charge < -0.3 is 9.88 Å². The highest BCUT2D eigenvalue weighted by molar-refractivity contribution is 7.19. The van der Waals surface area contributed by atoms with Crippen molar-refractivity contribution in [2.24, 2.45) is 5.41 Å². The van der Waals surface area contributed by atoms with E-state index in [0.717, 1.165) is 75.9 Å². The van der Waals surface area contributed by atoms with Gasteiger partial charge in [0.2, 0.25) is 0 Å². The zero-order chi connectivity index (χ0) is 28.3. The zero-order valence-electron chi connectivity index (χ0n) is 22.1. The molecule has 11 heteroatoms. The molecule has 1 N–H and O–H groups in total. The van der Waals surface area contributed by atoms with Gasteiger partial charge in [-0.1, -0.05) is 23.2 Å². The number of hydrogen-bond acceptors (Lipinski definition) is 6. The van der Waals surface area contributed by atoms with E-state index in [4.69, 9.17) is 23.2 Å². The number of nitriles is 1. The summed E-state index contributed by atoms with van der Waals surface area (Å²) in [5.41, 5.74) is 2.45. The number of rotatable bonds is 6. The van der Waals surface area contributed by atoms with Crippen molar-refractivity contribution in [1.82, 2.24) is 24.0 Å². The van der Waals surface area contributed by atoms with Crippen molar-refractivity contribution in [2.45, 2.75) is 44.8 Å². The Labute approximate surface area is 249 Å². The molecule has 4 aromatic heterocycles. The molecule has 208 valence electrons. The highest BCUT2D eigenvalue weighted by Crippen LogP contribution is 2.41. The maximum absolute atomic E-state index is 13.1. The minimum Gasteiger partial charge on any atom is -0.345 e. The van der Waals surface area contributed by atoms with Crippen LogP contribution < -0.4 is 16.6 Å². The van der Waals surface area contributed by atoms with Gasteiger partial charge in [0.15, 0.2) is 0 Å². The number of nitrogens with zero attached hydrogens (tertiary/aromatic N) is 5. The monoisotopic (exact) mass is 604 g/mol. The minimum absolute atomic E-state index is 0.0439. The number of hydrogen-bond donors (Lipinski definition) is 1. The molecule has 0 amide bonds. The Morgan fingerprint density at radius 3 is 2.68 bits per heavy atom. The molecule has 7 rings (SSSR count). The van der Waals surface area contributed by atoms with Gasteiger partial charge in [0, 0.05) is 57.6 Å². The van der Waals surface area contributed by atoms with Crippen molar-refractivity contribution in [3.05, 3.63) is 84.7 Å². The van der Waals surface area contributed by atoms with Gasteiger partial charge in [0.1, 0.15) is 5.02 Å². The van der Waals surface area contributed by atoms with Crippen LogP contribution in [-0.4, -0.2) is 31.8 Å². The van der Waals surface area contributed by atoms with Crippen molar-refractivity contribution < 1.29 is 0 Å². The second kappa shape index (κ2) is 10.1. The van der Waals surface area contributed by atoms with Gasteiger partial charge in [-0.25, -0.2) is 4.79 Å². The third-order valence-electron chi connectivity index (χ3n) is 8.26. The molecule has 1 saturated heterocycles. The highest BCUT2D eigenvalue weighted by Gasteiger charge is 2.33. The first kappa shape index (κ1) is 26.5. The first-order valence-corrected chi connectivity index (χ1v) is 15.2. The summed E-state index contributed by atoms with van der Waals surface area (Å²) in [7, 11) is 0. The highest BCUT2D eigenvalue weighted by atomic mass is 35.5. The average Bonchev–Trinajstić information content (AvgIpc) is 3.62. The smallest absolute Gasteiger partial charge is 0.331 e. The predicted octanol–water partition coefficient (Wildman–Crippen LogP) is 5.82. The van der Waals surface area contributed by atoms with Gasteiger partial charge in [-0.3, -0.25) is 18.9 Å². The van der Waals surface area contributed by atoms with Gasteiger partial charge in [-0.2, -0.15) is 5.26 Å². The number of piperidine rings is 1. The largest absolute Gasteiger partial charge is 0.345 e. The van der Waals surface area contributed by atoms with E-state index in [1.54, 1.807) is 10.8 Å². The molecule has 41 heavy (non-hydrogen) atoms. The lowest BCUT2D eigenvalue weighted by molar-refractivity contribution is 0.247. The molecule has 2 fully saturated rings. The van der Waals surface area contributed by atoms with Gasteiger partial charge >= 0.3 is 5.69 Å². The first-order chi connectivity index (χ1) is 19.9. The number of thiophene rings is 1. The molecule has 5 heterocycles. The van der Waals surface area contributed by atoms with Crippen LogP contribution in [0.3, 0.4) is 0 Å². The molecule has 2 aliphatic rings. The lowest BCUT2D eigenvalue weighted by Crippen LogP contribution is -2.39. The van der Waals surface area contributed by atoms with Crippen LogP contribution in [0.2, 0.25) is 10.0 Å². The summed E-state index contributed by atoms with van der Waals surface area (Å²) in [6, 6.07) is 12.6. The van der Waals surface area contributed by atoms with E-state index < -0.39 is 11.0 Å². The molecular weight excluding hydrogens is 579 g/mol. The maximum Gasteiger partial charge on any atom is 0.331 e. The molecule has 8 nitrogen and oxygen atoms in total. The van der Waals surface area contributed by atoms with E-state index in [1.807, 2.05) is 36.5 Å². The normalized spacial score (nSPS) is 16.8. The van der Waals surface area contributed by atoms with Gasteiger partial charge in [-0.05, 0) is 69.1 Å². The number of halogens is 2. The summed E-state index contributed by atoms with van der Waals surface area (Å²) in [6.07, 6.45) is 8.69. The summed E-state index contributed by atoms with van der Waals surface area (Å²) < 4.78 is 5.91. The number of nitrogens with one attached hydrogen (secondary N) is 1. The molecule has 0 radical (unpaired) electrons. The topological polar surface area (TPSA) is 97.6 Å². The average molecular weight is 606 g/mol. The second-order valence-corrected chi connectivity index (χ2v) is 13.0. The Balaban J connectivity index is 1.34. The van der Waals surface area contributed by atoms with Crippen molar-refractivity contribution in [1.29, 1.82) is 5.26 Å². The SMILES string of the molecule is N#CC1(Cn2ccc3cc(Cl)cc(-c4ccnc5cc(Cn6c(=O)c(Cl)cn(C7CC7)c6=O)sc45)c32)CCNCC1. The number of fused-ring (bicyclic) bond motifs is 2. The summed E-state index contributed by atoms with van der Waals surface area (Å²) >= 11 is 14.4. The standard InChI is InChI=1S/C30H26Cl2N6O2S/c31-19-11-18-4-10-36(17-30(16-33)5-8-34-9-6-30)26(18)23(12-19)22-3-7-35-25-13-21(41-27(22)25)14-38-28(39)24(32)15-37(29(38)40)20-1-2-20/h3-4,7,10-13,15,20,34H,1-2,5-6,8-9,14,17H2. The van der Waals surface area contributed by atoms with Crippen LogP contribution in [0, 0.1) is 16.7 Å². The molecule has 5 aromatic rings. The third-order valence-corrected chi connectivity index (χ3v) is 9.88. The first-order valence-electron chi connectivity index (χ1n) is 13.7. The second-order valence-electron chi connectivity index (χ2n) is 11.1. The molecule has 0 bridgehead atoms. The summed E-state index contributed by atoms with van der Waals surface area (Å²) in [5, 5.41) is 15.2. The van der Waals surface area contributed by atoms with Gasteiger partial charge in [0.25, 0.3) is 5.56 Å². The Bertz CT molecular complexity index is 1990. The molecule has 1 aliphatic carbocycles. The Kier molecular flexibility index (Phi) is 6.55. The Morgan fingerprint density at radius 2 is 1.93 bits per heavy atom. The van der Waals surface area contributed by atoms with E-state index >= 15 is 0 Å². The minimum atomic E-state index is -0.488. The lowest BCUT2D eigenvalue weighted by Gasteiger charge is -2.32. The molecule has 0 atom stereocenters. The van der Waals surface area contributed by atoms with Crippen molar-refractivity contribution >= 4 is 55.7 Å². The Morgan fingerprint density at radius 1 is 1.12 bits per heavy atom. The quantitative estimate of drug-likeness (QED) is 0.263. The fourth-order valence-corrected chi connectivity index (χ4v) is 7.53. The molecule has 0 spiro atoms. The van der Waals surface area contributed by atoms with Crippen molar-refractivity contribution in [3.8, 4) is 17.2 Å². The van der Waals surface area contributed by atoms with E-state index in [2.05, 4.69) is 20.9 Å². The van der Waals surface area contributed by atoms with Gasteiger partial charge in [0.05, 0.1) is 33.8 Å². The van der Waals surface area contributed by atoms with Crippen molar-refractivity contribution in [3.63, 3.8) is 0 Å². The zero-order valence-corrected chi connectivity index (χ0v) is 24.4. The summed E-state index contributed by atoms with van der Waals surface area (Å²) in [4.78, 5) is 31.4. The molecule has 0 unspecified atom stereocenters. The van der Waals surface area contributed by atoms with Crippen LogP contribution in [0.1, 0.15) is 36.6 Å². The van der Waals surface area contributed by atoms with E-state index in [-0.39, 0.29) is 23.3 Å². The molecule has 1 aromatic carbocycles. The molecular formula is C30H26Cl2N6O2S. The van der Waals surface area contributed by atoms with Crippen LogP contribution in [0.4, 0.5) is 0 Å². The third kappa shape index (κ3) is 4.69. The number of pyridine rings is 1. The summed E-state index contributed by atoms with van der Waals surface area (Å²) in [5.74, 6) is 0. The maximum atomic E-state index is 13.1. The number of aromatic nitrogens is 4. The molecule has 1 saturated carbocycles. The lowest BCUT2D eigenvalue weighted by atomic mass is 9.80. The fraction of sp³-hybridized carbons (Fsp3) is 0.333. The van der Waals surface area contributed by atoms with Crippen LogP contribution in [0.25, 0.3) is 32.2 Å². The van der Waals surface area contributed by atoms with E-state index in [1.165, 1.54) is 22.1 Å². The fourth-order valence-electron chi connectivity index (χ4n) is 5.96. The van der Waals surface area contributed by atoms with Crippen LogP contribution in [0.15, 0.2) is 58.5 Å². The van der Waals surface area contributed by atoms with E-state index in [0.29, 0.717) is 11.6 Å². The molecule has 1 aliphatic heterocycles.